The molecule has 0 fully saturated rings. The molecule has 0 atom stereocenters. The van der Waals surface area contributed by atoms with E-state index in [-0.39, 0.29) is 35.6 Å². The maximum Gasteiger partial charge on any atom is 0.291 e. The maximum atomic E-state index is 12.1. The third kappa shape index (κ3) is 5.41. The molecule has 30 heavy (non-hydrogen) atoms. The van der Waals surface area contributed by atoms with Crippen LogP contribution in [0.25, 0.3) is 0 Å². The Kier molecular flexibility index (Phi) is 7.51. The van der Waals surface area contributed by atoms with Gasteiger partial charge in [0.25, 0.3) is 5.91 Å². The van der Waals surface area contributed by atoms with Gasteiger partial charge in [-0.1, -0.05) is 24.3 Å². The molecular formula is C23H25IN4O2. The lowest BCUT2D eigenvalue weighted by molar-refractivity contribution is 0.0996. The number of halogens is 1. The van der Waals surface area contributed by atoms with Crippen LogP contribution in [0.5, 0.6) is 0 Å². The van der Waals surface area contributed by atoms with Crippen LogP contribution in [0.15, 0.2) is 70.3 Å². The van der Waals surface area contributed by atoms with E-state index in [1.807, 2.05) is 24.3 Å². The molecule has 0 aliphatic heterocycles. The average molecular weight is 516 g/mol. The minimum atomic E-state index is -0.286. The summed E-state index contributed by atoms with van der Waals surface area (Å²) < 4.78 is 5.11. The number of carbonyl (C=O) groups is 1. The average Bonchev–Trinajstić information content (AvgIpc) is 3.28. The van der Waals surface area contributed by atoms with Gasteiger partial charge in [0.05, 0.1) is 12.8 Å². The predicted octanol–water partition coefficient (Wildman–Crippen LogP) is 4.96. The number of carbonyl (C=O) groups excluding carboxylic acids is 1. The van der Waals surface area contributed by atoms with Gasteiger partial charge < -0.3 is 20.8 Å². The molecule has 1 aromatic heterocycles. The molecule has 1 aliphatic carbocycles. The van der Waals surface area contributed by atoms with Gasteiger partial charge in [-0.3, -0.25) is 4.79 Å². The highest BCUT2D eigenvalue weighted by molar-refractivity contribution is 14.0. The molecule has 0 spiro atoms. The van der Waals surface area contributed by atoms with E-state index in [0.29, 0.717) is 18.2 Å². The van der Waals surface area contributed by atoms with E-state index in [1.54, 1.807) is 12.1 Å². The second kappa shape index (κ2) is 10.3. The van der Waals surface area contributed by atoms with Crippen LogP contribution in [-0.4, -0.2) is 11.9 Å². The van der Waals surface area contributed by atoms with E-state index in [1.165, 1.54) is 30.2 Å². The van der Waals surface area contributed by atoms with E-state index in [9.17, 15) is 4.79 Å². The van der Waals surface area contributed by atoms with Crippen molar-refractivity contribution in [3.05, 3.63) is 83.3 Å². The first-order valence-electron chi connectivity index (χ1n) is 9.80. The van der Waals surface area contributed by atoms with Crippen LogP contribution in [0, 0.1) is 0 Å². The molecule has 7 heteroatoms. The maximum absolute atomic E-state index is 12.1. The Balaban J connectivity index is 0.00000256. The van der Waals surface area contributed by atoms with Crippen molar-refractivity contribution in [2.24, 2.45) is 10.7 Å². The number of aliphatic imine (C=N–C) groups is 1. The fourth-order valence-electron chi connectivity index (χ4n) is 3.60. The third-order valence-electron chi connectivity index (χ3n) is 5.02. The van der Waals surface area contributed by atoms with Gasteiger partial charge >= 0.3 is 0 Å². The number of hydrogen-bond acceptors (Lipinski definition) is 3. The Morgan fingerprint density at radius 1 is 1.03 bits per heavy atom. The van der Waals surface area contributed by atoms with Gasteiger partial charge in [-0.2, -0.15) is 0 Å². The molecule has 0 bridgehead atoms. The van der Waals surface area contributed by atoms with E-state index in [0.717, 1.165) is 24.1 Å². The van der Waals surface area contributed by atoms with Crippen molar-refractivity contribution in [2.45, 2.75) is 32.2 Å². The summed E-state index contributed by atoms with van der Waals surface area (Å²) >= 11 is 0. The summed E-state index contributed by atoms with van der Waals surface area (Å²) in [5, 5.41) is 6.07. The lowest BCUT2D eigenvalue weighted by atomic mass is 9.90. The first-order chi connectivity index (χ1) is 14.2. The van der Waals surface area contributed by atoms with Gasteiger partial charge in [-0.25, -0.2) is 4.99 Å². The van der Waals surface area contributed by atoms with Crippen molar-refractivity contribution in [2.75, 3.05) is 10.6 Å². The van der Waals surface area contributed by atoms with Crippen molar-refractivity contribution in [1.29, 1.82) is 0 Å². The number of nitrogens with zero attached hydrogens (tertiary/aromatic N) is 1. The van der Waals surface area contributed by atoms with Crippen LogP contribution in [-0.2, 0) is 19.4 Å². The number of hydrogen-bond donors (Lipinski definition) is 3. The van der Waals surface area contributed by atoms with Crippen molar-refractivity contribution in [3.8, 4) is 0 Å². The van der Waals surface area contributed by atoms with Crippen molar-refractivity contribution >= 4 is 47.2 Å². The summed E-state index contributed by atoms with van der Waals surface area (Å²) in [4.78, 5) is 16.6. The van der Waals surface area contributed by atoms with Crippen LogP contribution in [0.4, 0.5) is 11.4 Å². The minimum absolute atomic E-state index is 0. The van der Waals surface area contributed by atoms with Gasteiger partial charge in [-0.05, 0) is 72.7 Å². The molecule has 0 radical (unpaired) electrons. The van der Waals surface area contributed by atoms with Crippen LogP contribution >= 0.6 is 24.0 Å². The molecule has 4 N–H and O–H groups in total. The van der Waals surface area contributed by atoms with Gasteiger partial charge in [0.15, 0.2) is 11.7 Å². The van der Waals surface area contributed by atoms with Crippen molar-refractivity contribution < 1.29 is 9.21 Å². The Hall–Kier alpha value is -2.81. The quantitative estimate of drug-likeness (QED) is 0.254. The number of rotatable bonds is 5. The molecule has 156 valence electrons. The lowest BCUT2D eigenvalue weighted by Gasteiger charge is -2.19. The van der Waals surface area contributed by atoms with Gasteiger partial charge in [0, 0.05) is 11.4 Å². The number of benzene rings is 2. The zero-order valence-electron chi connectivity index (χ0n) is 16.6. The standard InChI is InChI=1S/C23H24N4O2.HI/c24-23(27-20-11-4-8-17-7-1-2-10-19(17)20)25-15-16-6-3-9-18(14-16)26-22(28)21-12-5-13-29-21;/h3-6,8-9,11-14H,1-2,7,10,15H2,(H,26,28)(H3,24,25,27);1H. The number of aryl methyl sites for hydroxylation is 1. The second-order valence-corrected chi connectivity index (χ2v) is 7.11. The number of nitrogens with one attached hydrogen (secondary N) is 2. The third-order valence-corrected chi connectivity index (χ3v) is 5.02. The molecule has 3 aromatic rings. The van der Waals surface area contributed by atoms with Crippen LogP contribution in [0.1, 0.15) is 40.1 Å². The lowest BCUT2D eigenvalue weighted by Crippen LogP contribution is -2.24. The molecule has 0 saturated heterocycles. The topological polar surface area (TPSA) is 92.6 Å². The molecular weight excluding hydrogens is 491 g/mol. The highest BCUT2D eigenvalue weighted by atomic mass is 127. The summed E-state index contributed by atoms with van der Waals surface area (Å²) in [6.07, 6.45) is 6.12. The normalized spacial score (nSPS) is 13.1. The van der Waals surface area contributed by atoms with Crippen LogP contribution in [0.3, 0.4) is 0 Å². The fourth-order valence-corrected chi connectivity index (χ4v) is 3.60. The number of furan rings is 1. The zero-order valence-corrected chi connectivity index (χ0v) is 18.9. The molecule has 2 aromatic carbocycles. The fraction of sp³-hybridized carbons (Fsp3) is 0.217. The van der Waals surface area contributed by atoms with Crippen molar-refractivity contribution in [3.63, 3.8) is 0 Å². The number of amides is 1. The second-order valence-electron chi connectivity index (χ2n) is 7.11. The van der Waals surface area contributed by atoms with Crippen molar-refractivity contribution in [1.82, 2.24) is 0 Å². The molecule has 0 unspecified atom stereocenters. The van der Waals surface area contributed by atoms with E-state index < -0.39 is 0 Å². The highest BCUT2D eigenvalue weighted by Crippen LogP contribution is 2.27. The number of nitrogens with two attached hydrogens (primary N) is 1. The highest BCUT2D eigenvalue weighted by Gasteiger charge is 2.13. The molecule has 6 nitrogen and oxygen atoms in total. The Morgan fingerprint density at radius 2 is 1.87 bits per heavy atom. The molecule has 1 aliphatic rings. The van der Waals surface area contributed by atoms with E-state index in [2.05, 4.69) is 33.8 Å². The molecule has 1 heterocycles. The van der Waals surface area contributed by atoms with Crippen LogP contribution in [0.2, 0.25) is 0 Å². The Bertz CT molecular complexity index is 1030. The number of anilines is 2. The largest absolute Gasteiger partial charge is 0.459 e. The summed E-state index contributed by atoms with van der Waals surface area (Å²) in [5.41, 5.74) is 11.5. The van der Waals surface area contributed by atoms with E-state index >= 15 is 0 Å². The Morgan fingerprint density at radius 3 is 2.70 bits per heavy atom. The van der Waals surface area contributed by atoms with Crippen LogP contribution < -0.4 is 16.4 Å². The Labute approximate surface area is 193 Å². The smallest absolute Gasteiger partial charge is 0.291 e. The SMILES string of the molecule is I.NC(=NCc1cccc(NC(=O)c2ccco2)c1)Nc1cccc2c1CCCC2. The van der Waals surface area contributed by atoms with Gasteiger partial charge in [0.2, 0.25) is 0 Å². The summed E-state index contributed by atoms with van der Waals surface area (Å²) in [6.45, 7) is 0.415. The number of fused-ring (bicyclic) bond motifs is 1. The summed E-state index contributed by atoms with van der Waals surface area (Å²) in [7, 11) is 0. The molecule has 1 amide bonds. The molecule has 0 saturated carbocycles. The summed E-state index contributed by atoms with van der Waals surface area (Å²) in [6, 6.07) is 17.1. The first kappa shape index (κ1) is 21.9. The number of guanidine groups is 1. The first-order valence-corrected chi connectivity index (χ1v) is 9.80. The van der Waals surface area contributed by atoms with E-state index in [4.69, 9.17) is 10.2 Å². The zero-order chi connectivity index (χ0) is 20.1. The van der Waals surface area contributed by atoms with Gasteiger partial charge in [0.1, 0.15) is 0 Å². The monoisotopic (exact) mass is 516 g/mol. The molecule has 4 rings (SSSR count). The minimum Gasteiger partial charge on any atom is -0.459 e. The summed E-state index contributed by atoms with van der Waals surface area (Å²) in [5.74, 6) is 0.368. The van der Waals surface area contributed by atoms with Gasteiger partial charge in [-0.15, -0.1) is 24.0 Å². The predicted molar refractivity (Wildman–Crippen MR) is 131 cm³/mol.